The second kappa shape index (κ2) is 8.70. The van der Waals surface area contributed by atoms with Gasteiger partial charge in [0, 0.05) is 17.9 Å². The molecule has 2 atom stereocenters. The molecule has 0 bridgehead atoms. The number of amides is 1. The number of carbonyl (C=O) groups excluding carboxylic acids is 1. The molecule has 1 aromatic rings. The Labute approximate surface area is 149 Å². The number of carboxylic acid groups (broad SMARTS) is 1. The Morgan fingerprint density at radius 3 is 2.84 bits per heavy atom. The van der Waals surface area contributed by atoms with Crippen LogP contribution in [-0.4, -0.2) is 40.8 Å². The van der Waals surface area contributed by atoms with E-state index in [0.29, 0.717) is 18.6 Å². The highest BCUT2D eigenvalue weighted by molar-refractivity contribution is 7.99. The number of nitro groups is 1. The molecule has 9 heteroatoms. The van der Waals surface area contributed by atoms with Gasteiger partial charge in [0.2, 0.25) is 5.91 Å². The van der Waals surface area contributed by atoms with E-state index in [1.54, 1.807) is 6.07 Å². The fraction of sp³-hybridized carbons (Fsp3) is 0.500. The molecule has 1 aliphatic carbocycles. The molecule has 0 unspecified atom stereocenters. The molecule has 0 radical (unpaired) electrons. The molecule has 0 aliphatic heterocycles. The SMILES string of the molecule is COc1ccc(CSCC(=O)N[C@@H]2CCC[C@@H]2C(=O)O)cc1[N+](=O)[O-]. The second-order valence-electron chi connectivity index (χ2n) is 5.81. The summed E-state index contributed by atoms with van der Waals surface area (Å²) >= 11 is 1.32. The van der Waals surface area contributed by atoms with Crippen molar-refractivity contribution >= 4 is 29.3 Å². The first kappa shape index (κ1) is 19.0. The molecule has 1 fully saturated rings. The van der Waals surface area contributed by atoms with E-state index in [-0.39, 0.29) is 29.1 Å². The number of hydrogen-bond acceptors (Lipinski definition) is 6. The summed E-state index contributed by atoms with van der Waals surface area (Å²) in [6, 6.07) is 4.37. The van der Waals surface area contributed by atoms with Gasteiger partial charge in [0.25, 0.3) is 0 Å². The Balaban J connectivity index is 1.84. The zero-order valence-corrected chi connectivity index (χ0v) is 14.6. The summed E-state index contributed by atoms with van der Waals surface area (Å²) in [7, 11) is 1.37. The first-order chi connectivity index (χ1) is 11.9. The number of methoxy groups -OCH3 is 1. The number of ether oxygens (including phenoxy) is 1. The number of thioether (sulfide) groups is 1. The normalized spacial score (nSPS) is 19.4. The van der Waals surface area contributed by atoms with Gasteiger partial charge in [0.1, 0.15) is 0 Å². The summed E-state index contributed by atoms with van der Waals surface area (Å²) in [5.74, 6) is -0.809. The van der Waals surface area contributed by atoms with E-state index in [4.69, 9.17) is 9.84 Å². The molecule has 0 heterocycles. The number of benzene rings is 1. The monoisotopic (exact) mass is 368 g/mol. The zero-order valence-electron chi connectivity index (χ0n) is 13.8. The molecule has 8 nitrogen and oxygen atoms in total. The first-order valence-corrected chi connectivity index (χ1v) is 8.99. The lowest BCUT2D eigenvalue weighted by molar-refractivity contribution is -0.385. The standard InChI is InChI=1S/C16H20N2O6S/c1-24-14-6-5-10(7-13(14)18(22)23)8-25-9-15(19)17-12-4-2-3-11(12)16(20)21/h5-7,11-12H,2-4,8-9H2,1H3,(H,17,19)(H,20,21)/t11-,12+/m0/s1. The van der Waals surface area contributed by atoms with Crippen LogP contribution in [0.25, 0.3) is 0 Å². The predicted molar refractivity (Wildman–Crippen MR) is 92.7 cm³/mol. The lowest BCUT2D eigenvalue weighted by atomic mass is 10.0. The van der Waals surface area contributed by atoms with Gasteiger partial charge in [-0.3, -0.25) is 19.7 Å². The minimum Gasteiger partial charge on any atom is -0.490 e. The Morgan fingerprint density at radius 2 is 2.20 bits per heavy atom. The van der Waals surface area contributed by atoms with E-state index in [1.165, 1.54) is 31.0 Å². The largest absolute Gasteiger partial charge is 0.490 e. The minimum atomic E-state index is -0.874. The predicted octanol–water partition coefficient (Wildman–Crippen LogP) is 2.21. The average Bonchev–Trinajstić information content (AvgIpc) is 3.03. The molecule has 1 amide bonds. The van der Waals surface area contributed by atoms with Gasteiger partial charge in [0.15, 0.2) is 5.75 Å². The third-order valence-electron chi connectivity index (χ3n) is 4.12. The topological polar surface area (TPSA) is 119 Å². The quantitative estimate of drug-likeness (QED) is 0.533. The van der Waals surface area contributed by atoms with Gasteiger partial charge in [-0.05, 0) is 24.5 Å². The van der Waals surface area contributed by atoms with Crippen LogP contribution < -0.4 is 10.1 Å². The number of aliphatic carboxylic acids is 1. The maximum atomic E-state index is 12.0. The van der Waals surface area contributed by atoms with Crippen LogP contribution in [0.5, 0.6) is 5.75 Å². The van der Waals surface area contributed by atoms with Crippen molar-refractivity contribution in [2.24, 2.45) is 5.92 Å². The zero-order chi connectivity index (χ0) is 18.4. The number of carboxylic acids is 1. The highest BCUT2D eigenvalue weighted by Crippen LogP contribution is 2.29. The van der Waals surface area contributed by atoms with Crippen LogP contribution in [0.1, 0.15) is 24.8 Å². The van der Waals surface area contributed by atoms with Crippen molar-refractivity contribution in [1.82, 2.24) is 5.32 Å². The summed E-state index contributed by atoms with van der Waals surface area (Å²) in [6.07, 6.45) is 2.06. The molecule has 1 saturated carbocycles. The van der Waals surface area contributed by atoms with Crippen molar-refractivity contribution in [3.05, 3.63) is 33.9 Å². The summed E-state index contributed by atoms with van der Waals surface area (Å²) in [5, 5.41) is 22.9. The van der Waals surface area contributed by atoms with Crippen LogP contribution in [0.3, 0.4) is 0 Å². The number of nitrogens with zero attached hydrogens (tertiary/aromatic N) is 1. The third-order valence-corrected chi connectivity index (χ3v) is 5.13. The Morgan fingerprint density at radius 1 is 1.44 bits per heavy atom. The highest BCUT2D eigenvalue weighted by atomic mass is 32.2. The van der Waals surface area contributed by atoms with Crippen molar-refractivity contribution < 1.29 is 24.4 Å². The number of nitro benzene ring substituents is 1. The van der Waals surface area contributed by atoms with E-state index in [1.807, 2.05) is 0 Å². The van der Waals surface area contributed by atoms with Crippen LogP contribution in [0.2, 0.25) is 0 Å². The molecular weight excluding hydrogens is 348 g/mol. The Kier molecular flexibility index (Phi) is 6.63. The van der Waals surface area contributed by atoms with Crippen LogP contribution in [0.4, 0.5) is 5.69 Å². The van der Waals surface area contributed by atoms with E-state index < -0.39 is 16.8 Å². The molecule has 0 aromatic heterocycles. The second-order valence-corrected chi connectivity index (χ2v) is 6.79. The number of rotatable bonds is 8. The van der Waals surface area contributed by atoms with E-state index in [2.05, 4.69) is 5.32 Å². The van der Waals surface area contributed by atoms with Crippen molar-refractivity contribution in [1.29, 1.82) is 0 Å². The first-order valence-electron chi connectivity index (χ1n) is 7.83. The van der Waals surface area contributed by atoms with Crippen LogP contribution in [-0.2, 0) is 15.3 Å². The van der Waals surface area contributed by atoms with Gasteiger partial charge >= 0.3 is 11.7 Å². The van der Waals surface area contributed by atoms with E-state index in [0.717, 1.165) is 12.0 Å². The molecule has 25 heavy (non-hydrogen) atoms. The van der Waals surface area contributed by atoms with Crippen LogP contribution in [0.15, 0.2) is 18.2 Å². The lowest BCUT2D eigenvalue weighted by Crippen LogP contribution is -2.41. The maximum absolute atomic E-state index is 12.0. The molecule has 136 valence electrons. The number of nitrogens with one attached hydrogen (secondary N) is 1. The molecule has 2 rings (SSSR count). The molecule has 1 aromatic carbocycles. The van der Waals surface area contributed by atoms with Crippen molar-refractivity contribution in [2.75, 3.05) is 12.9 Å². The molecule has 2 N–H and O–H groups in total. The van der Waals surface area contributed by atoms with Gasteiger partial charge in [-0.25, -0.2) is 0 Å². The van der Waals surface area contributed by atoms with Crippen LogP contribution >= 0.6 is 11.8 Å². The summed E-state index contributed by atoms with van der Waals surface area (Å²) in [5.41, 5.74) is 0.606. The number of hydrogen-bond donors (Lipinski definition) is 2. The van der Waals surface area contributed by atoms with Crippen molar-refractivity contribution in [2.45, 2.75) is 31.1 Å². The lowest BCUT2D eigenvalue weighted by Gasteiger charge is -2.17. The fourth-order valence-electron chi connectivity index (χ4n) is 2.91. The Bertz CT molecular complexity index is 666. The molecule has 0 saturated heterocycles. The number of carbonyl (C=O) groups is 2. The van der Waals surface area contributed by atoms with Crippen molar-refractivity contribution in [3.8, 4) is 5.75 Å². The van der Waals surface area contributed by atoms with E-state index >= 15 is 0 Å². The summed E-state index contributed by atoms with van der Waals surface area (Å²) in [4.78, 5) is 33.6. The molecule has 0 spiro atoms. The van der Waals surface area contributed by atoms with Gasteiger partial charge in [0.05, 0.1) is 23.7 Å². The molecular formula is C16H20N2O6S. The highest BCUT2D eigenvalue weighted by Gasteiger charge is 2.33. The van der Waals surface area contributed by atoms with Gasteiger partial charge in [-0.2, -0.15) is 0 Å². The van der Waals surface area contributed by atoms with Crippen molar-refractivity contribution in [3.63, 3.8) is 0 Å². The van der Waals surface area contributed by atoms with Gasteiger partial charge < -0.3 is 15.2 Å². The fourth-order valence-corrected chi connectivity index (χ4v) is 3.69. The summed E-state index contributed by atoms with van der Waals surface area (Å²) < 4.78 is 4.95. The maximum Gasteiger partial charge on any atom is 0.311 e. The van der Waals surface area contributed by atoms with Gasteiger partial charge in [-0.15, -0.1) is 11.8 Å². The Hall–Kier alpha value is -2.29. The molecule has 1 aliphatic rings. The van der Waals surface area contributed by atoms with E-state index in [9.17, 15) is 19.7 Å². The van der Waals surface area contributed by atoms with Crippen LogP contribution in [0, 0.1) is 16.0 Å². The summed E-state index contributed by atoms with van der Waals surface area (Å²) in [6.45, 7) is 0. The van der Waals surface area contributed by atoms with Gasteiger partial charge in [-0.1, -0.05) is 12.5 Å². The third kappa shape index (κ3) is 5.09. The smallest absolute Gasteiger partial charge is 0.311 e. The minimum absolute atomic E-state index is 0.111. The average molecular weight is 368 g/mol.